The first-order chi connectivity index (χ1) is 14.1. The Morgan fingerprint density at radius 2 is 1.79 bits per heavy atom. The fraction of sp³-hybridized carbons (Fsp3) is 0.174. The van der Waals surface area contributed by atoms with Crippen LogP contribution in [0.5, 0.6) is 11.5 Å². The summed E-state index contributed by atoms with van der Waals surface area (Å²) in [4.78, 5) is 0. The number of hydrogen-bond donors (Lipinski definition) is 0. The third-order valence-corrected chi connectivity index (χ3v) is 5.82. The molecule has 29 heavy (non-hydrogen) atoms. The highest BCUT2D eigenvalue weighted by Gasteiger charge is 2.42. The zero-order chi connectivity index (χ0) is 20.0. The summed E-state index contributed by atoms with van der Waals surface area (Å²) < 4.78 is 11.6. The number of halogens is 2. The van der Waals surface area contributed by atoms with Gasteiger partial charge in [0, 0.05) is 22.6 Å². The van der Waals surface area contributed by atoms with Crippen LogP contribution in [0, 0.1) is 0 Å². The minimum Gasteiger partial charge on any atom is -0.497 e. The first-order valence-electron chi connectivity index (χ1n) is 9.35. The van der Waals surface area contributed by atoms with E-state index in [1.165, 1.54) is 0 Å². The average Bonchev–Trinajstić information content (AvgIpc) is 3.20. The SMILES string of the molecule is COc1ccc(C2=NN3[C@H](C2)c2cc(Cl)cc(Cl)c2O[C@@H]3c2ccccc2)cc1. The Bertz CT molecular complexity index is 1080. The molecule has 0 fully saturated rings. The molecule has 2 heterocycles. The second kappa shape index (κ2) is 7.29. The number of nitrogens with zero attached hydrogens (tertiary/aromatic N) is 2. The molecule has 5 rings (SSSR count). The maximum Gasteiger partial charge on any atom is 0.213 e. The Hall–Kier alpha value is -2.69. The topological polar surface area (TPSA) is 34.1 Å². The number of ether oxygens (including phenoxy) is 2. The van der Waals surface area contributed by atoms with Crippen molar-refractivity contribution in [3.05, 3.63) is 93.5 Å². The summed E-state index contributed by atoms with van der Waals surface area (Å²) in [5.41, 5.74) is 4.03. The molecule has 2 aliphatic heterocycles. The third-order valence-electron chi connectivity index (χ3n) is 5.32. The lowest BCUT2D eigenvalue weighted by molar-refractivity contribution is -0.0189. The van der Waals surface area contributed by atoms with Crippen molar-refractivity contribution in [1.82, 2.24) is 5.01 Å². The van der Waals surface area contributed by atoms with Gasteiger partial charge in [-0.2, -0.15) is 5.10 Å². The van der Waals surface area contributed by atoms with Gasteiger partial charge in [-0.05, 0) is 42.0 Å². The molecule has 0 aromatic heterocycles. The number of fused-ring (bicyclic) bond motifs is 3. The predicted octanol–water partition coefficient (Wildman–Crippen LogP) is 6.24. The number of benzene rings is 3. The molecule has 3 aromatic carbocycles. The van der Waals surface area contributed by atoms with Gasteiger partial charge in [-0.15, -0.1) is 0 Å². The van der Waals surface area contributed by atoms with Crippen molar-refractivity contribution in [2.24, 2.45) is 5.10 Å². The van der Waals surface area contributed by atoms with E-state index in [2.05, 4.69) is 0 Å². The zero-order valence-corrected chi connectivity index (χ0v) is 17.2. The minimum absolute atomic E-state index is 0.00254. The van der Waals surface area contributed by atoms with E-state index in [9.17, 15) is 0 Å². The molecule has 3 aromatic rings. The first-order valence-corrected chi connectivity index (χ1v) is 10.1. The second-order valence-electron chi connectivity index (χ2n) is 7.06. The van der Waals surface area contributed by atoms with Gasteiger partial charge < -0.3 is 9.47 Å². The van der Waals surface area contributed by atoms with Gasteiger partial charge in [-0.25, -0.2) is 5.01 Å². The van der Waals surface area contributed by atoms with E-state index in [0.29, 0.717) is 15.8 Å². The normalized spacial score (nSPS) is 19.8. The second-order valence-corrected chi connectivity index (χ2v) is 7.91. The molecule has 0 saturated carbocycles. The van der Waals surface area contributed by atoms with Crippen LogP contribution in [0.2, 0.25) is 10.0 Å². The molecule has 0 bridgehead atoms. The lowest BCUT2D eigenvalue weighted by Crippen LogP contribution is -2.33. The van der Waals surface area contributed by atoms with Gasteiger partial charge in [-0.3, -0.25) is 0 Å². The quantitative estimate of drug-likeness (QED) is 0.498. The monoisotopic (exact) mass is 424 g/mol. The van der Waals surface area contributed by atoms with Crippen molar-refractivity contribution < 1.29 is 9.47 Å². The molecule has 146 valence electrons. The minimum atomic E-state index is -0.358. The average molecular weight is 425 g/mol. The number of hydrazone groups is 1. The molecule has 0 aliphatic carbocycles. The van der Waals surface area contributed by atoms with Crippen LogP contribution in [0.4, 0.5) is 0 Å². The highest BCUT2D eigenvalue weighted by molar-refractivity contribution is 6.35. The van der Waals surface area contributed by atoms with Gasteiger partial charge in [0.15, 0.2) is 0 Å². The van der Waals surface area contributed by atoms with Crippen LogP contribution in [0.15, 0.2) is 71.8 Å². The Kier molecular flexibility index (Phi) is 4.61. The van der Waals surface area contributed by atoms with Crippen LogP contribution in [-0.4, -0.2) is 17.8 Å². The van der Waals surface area contributed by atoms with Crippen LogP contribution < -0.4 is 9.47 Å². The molecule has 0 amide bonds. The van der Waals surface area contributed by atoms with Crippen LogP contribution >= 0.6 is 23.2 Å². The van der Waals surface area contributed by atoms with Gasteiger partial charge in [0.05, 0.1) is 23.9 Å². The molecule has 0 N–H and O–H groups in total. The smallest absolute Gasteiger partial charge is 0.213 e. The molecule has 2 aliphatic rings. The summed E-state index contributed by atoms with van der Waals surface area (Å²) in [5.74, 6) is 1.50. The van der Waals surface area contributed by atoms with E-state index in [0.717, 1.165) is 34.6 Å². The van der Waals surface area contributed by atoms with Crippen molar-refractivity contribution in [3.63, 3.8) is 0 Å². The zero-order valence-electron chi connectivity index (χ0n) is 15.7. The summed E-state index contributed by atoms with van der Waals surface area (Å²) in [5, 5.41) is 8.08. The summed E-state index contributed by atoms with van der Waals surface area (Å²) in [6, 6.07) is 21.7. The fourth-order valence-electron chi connectivity index (χ4n) is 3.91. The van der Waals surface area contributed by atoms with Gasteiger partial charge in [0.2, 0.25) is 6.23 Å². The van der Waals surface area contributed by atoms with Crippen molar-refractivity contribution in [2.75, 3.05) is 7.11 Å². The first kappa shape index (κ1) is 18.3. The fourth-order valence-corrected chi connectivity index (χ4v) is 4.46. The maximum atomic E-state index is 6.50. The molecular formula is C23H18Cl2N2O2. The van der Waals surface area contributed by atoms with Gasteiger partial charge in [0.1, 0.15) is 11.5 Å². The Balaban J connectivity index is 1.60. The molecule has 2 atom stereocenters. The number of rotatable bonds is 3. The summed E-state index contributed by atoms with van der Waals surface area (Å²) in [7, 11) is 1.66. The standard InChI is InChI=1S/C23H18Cl2N2O2/c1-28-17-9-7-14(8-10-17)20-13-21-18-11-16(24)12-19(25)22(18)29-23(27(21)26-20)15-5-3-2-4-6-15/h2-12,21,23H,13H2,1H3/t21-,23-/m1/s1. The van der Waals surface area contributed by atoms with E-state index < -0.39 is 0 Å². The van der Waals surface area contributed by atoms with Crippen molar-refractivity contribution in [1.29, 1.82) is 0 Å². The van der Waals surface area contributed by atoms with Crippen molar-refractivity contribution in [3.8, 4) is 11.5 Å². The summed E-state index contributed by atoms with van der Waals surface area (Å²) >= 11 is 12.8. The van der Waals surface area contributed by atoms with E-state index in [4.69, 9.17) is 37.8 Å². The Morgan fingerprint density at radius 1 is 1.03 bits per heavy atom. The van der Waals surface area contributed by atoms with Gasteiger partial charge in [0.25, 0.3) is 0 Å². The third kappa shape index (κ3) is 3.22. The van der Waals surface area contributed by atoms with Crippen LogP contribution in [0.25, 0.3) is 0 Å². The van der Waals surface area contributed by atoms with E-state index in [1.54, 1.807) is 13.2 Å². The number of hydrogen-bond acceptors (Lipinski definition) is 4. The van der Waals surface area contributed by atoms with E-state index in [-0.39, 0.29) is 12.3 Å². The Labute approximate surface area is 179 Å². The Morgan fingerprint density at radius 3 is 2.52 bits per heavy atom. The van der Waals surface area contributed by atoms with Crippen LogP contribution in [0.3, 0.4) is 0 Å². The van der Waals surface area contributed by atoms with Crippen LogP contribution in [0.1, 0.15) is 35.4 Å². The van der Waals surface area contributed by atoms with Crippen molar-refractivity contribution >= 4 is 28.9 Å². The van der Waals surface area contributed by atoms with E-state index in [1.807, 2.05) is 65.7 Å². The predicted molar refractivity (Wildman–Crippen MR) is 115 cm³/mol. The molecule has 4 nitrogen and oxygen atoms in total. The molecule has 0 unspecified atom stereocenters. The summed E-state index contributed by atoms with van der Waals surface area (Å²) in [6.07, 6.45) is 0.381. The molecule has 0 spiro atoms. The highest BCUT2D eigenvalue weighted by atomic mass is 35.5. The maximum absolute atomic E-state index is 6.50. The van der Waals surface area contributed by atoms with Gasteiger partial charge >= 0.3 is 0 Å². The molecule has 0 radical (unpaired) electrons. The van der Waals surface area contributed by atoms with E-state index >= 15 is 0 Å². The molecular weight excluding hydrogens is 407 g/mol. The molecule has 0 saturated heterocycles. The van der Waals surface area contributed by atoms with Crippen LogP contribution in [-0.2, 0) is 0 Å². The highest BCUT2D eigenvalue weighted by Crippen LogP contribution is 2.50. The summed E-state index contributed by atoms with van der Waals surface area (Å²) in [6.45, 7) is 0. The van der Waals surface area contributed by atoms with Gasteiger partial charge in [-0.1, -0.05) is 53.5 Å². The largest absolute Gasteiger partial charge is 0.497 e. The lowest BCUT2D eigenvalue weighted by Gasteiger charge is -2.38. The molecule has 6 heteroatoms. The van der Waals surface area contributed by atoms with Crippen molar-refractivity contribution in [2.45, 2.75) is 18.7 Å². The lowest BCUT2D eigenvalue weighted by atomic mass is 9.96. The number of methoxy groups -OCH3 is 1.